The topological polar surface area (TPSA) is 127 Å². The molecule has 2 atom stereocenters. The second-order valence-corrected chi connectivity index (χ2v) is 8.18. The van der Waals surface area contributed by atoms with Crippen LogP contribution in [0.25, 0.3) is 11.1 Å². The average molecular weight is 462 g/mol. The first-order valence-corrected chi connectivity index (χ1v) is 10.8. The number of carboxylic acid groups (broad SMARTS) is 1. The smallest absolute Gasteiger partial charge is 0.411 e. The van der Waals surface area contributed by atoms with Gasteiger partial charge in [-0.05, 0) is 22.3 Å². The minimum atomic E-state index is -1.06. The van der Waals surface area contributed by atoms with Crippen LogP contribution < -0.4 is 10.6 Å². The SMILES string of the molecule is O=C(Nc1ccoc1C(=O)NC1COCC1C(=O)O)OCC1c2ccccc2-c2ccccc21. The minimum Gasteiger partial charge on any atom is -0.481 e. The molecule has 2 heterocycles. The van der Waals surface area contributed by atoms with Crippen LogP contribution >= 0.6 is 0 Å². The molecule has 9 heteroatoms. The predicted molar refractivity (Wildman–Crippen MR) is 121 cm³/mol. The highest BCUT2D eigenvalue weighted by Gasteiger charge is 2.36. The molecule has 1 aliphatic heterocycles. The van der Waals surface area contributed by atoms with Gasteiger partial charge < -0.3 is 24.3 Å². The number of anilines is 1. The molecule has 0 bridgehead atoms. The zero-order valence-electron chi connectivity index (χ0n) is 18.0. The molecule has 34 heavy (non-hydrogen) atoms. The summed E-state index contributed by atoms with van der Waals surface area (Å²) in [6.07, 6.45) is 0.526. The van der Waals surface area contributed by atoms with Crippen molar-refractivity contribution in [3.63, 3.8) is 0 Å². The number of carbonyl (C=O) groups is 3. The number of hydrogen-bond acceptors (Lipinski definition) is 6. The number of rotatable bonds is 6. The van der Waals surface area contributed by atoms with E-state index in [4.69, 9.17) is 13.9 Å². The third-order valence-electron chi connectivity index (χ3n) is 6.17. The fraction of sp³-hybridized carbons (Fsp3) is 0.240. The molecule has 2 aromatic carbocycles. The lowest BCUT2D eigenvalue weighted by Gasteiger charge is -2.16. The van der Waals surface area contributed by atoms with E-state index in [9.17, 15) is 19.5 Å². The van der Waals surface area contributed by atoms with E-state index in [1.54, 1.807) is 0 Å². The number of benzene rings is 2. The van der Waals surface area contributed by atoms with Crippen LogP contribution in [0, 0.1) is 5.92 Å². The highest BCUT2D eigenvalue weighted by atomic mass is 16.5. The molecule has 2 aliphatic rings. The molecular weight excluding hydrogens is 440 g/mol. The molecular formula is C25H22N2O7. The van der Waals surface area contributed by atoms with E-state index in [1.807, 2.05) is 36.4 Å². The van der Waals surface area contributed by atoms with Gasteiger partial charge in [-0.3, -0.25) is 14.9 Å². The van der Waals surface area contributed by atoms with Crippen LogP contribution in [0.4, 0.5) is 10.5 Å². The Labute approximate surface area is 194 Å². The van der Waals surface area contributed by atoms with Crippen molar-refractivity contribution in [2.45, 2.75) is 12.0 Å². The lowest BCUT2D eigenvalue weighted by atomic mass is 9.98. The molecule has 9 nitrogen and oxygen atoms in total. The molecule has 0 saturated carbocycles. The van der Waals surface area contributed by atoms with Crippen LogP contribution in [0.2, 0.25) is 0 Å². The Morgan fingerprint density at radius 3 is 2.32 bits per heavy atom. The van der Waals surface area contributed by atoms with Gasteiger partial charge >= 0.3 is 12.1 Å². The molecule has 3 N–H and O–H groups in total. The highest BCUT2D eigenvalue weighted by molar-refractivity contribution is 6.00. The van der Waals surface area contributed by atoms with Crippen LogP contribution in [-0.4, -0.2) is 48.9 Å². The van der Waals surface area contributed by atoms with Crippen molar-refractivity contribution in [2.75, 3.05) is 25.1 Å². The first-order chi connectivity index (χ1) is 16.5. The molecule has 2 unspecified atom stereocenters. The number of carboxylic acids is 1. The lowest BCUT2D eigenvalue weighted by molar-refractivity contribution is -0.142. The van der Waals surface area contributed by atoms with E-state index < -0.39 is 29.9 Å². The molecule has 1 saturated heterocycles. The maximum atomic E-state index is 12.6. The summed E-state index contributed by atoms with van der Waals surface area (Å²) in [6, 6.07) is 16.8. The van der Waals surface area contributed by atoms with Crippen molar-refractivity contribution in [3.05, 3.63) is 77.7 Å². The molecule has 1 fully saturated rings. The summed E-state index contributed by atoms with van der Waals surface area (Å²) in [5.41, 5.74) is 4.55. The Kier molecular flexibility index (Phi) is 5.77. The number of amides is 2. The average Bonchev–Trinajstić information content (AvgIpc) is 3.55. The van der Waals surface area contributed by atoms with Crippen LogP contribution in [0.5, 0.6) is 0 Å². The number of ether oxygens (including phenoxy) is 2. The summed E-state index contributed by atoms with van der Waals surface area (Å²) in [5.74, 6) is -2.80. The number of fused-ring (bicyclic) bond motifs is 3. The highest BCUT2D eigenvalue weighted by Crippen LogP contribution is 2.44. The Bertz CT molecular complexity index is 1210. The van der Waals surface area contributed by atoms with Gasteiger partial charge in [0.1, 0.15) is 12.5 Å². The number of carbonyl (C=O) groups excluding carboxylic acids is 2. The molecule has 1 aliphatic carbocycles. The maximum Gasteiger partial charge on any atom is 0.411 e. The third-order valence-corrected chi connectivity index (χ3v) is 6.17. The molecule has 1 aromatic heterocycles. The predicted octanol–water partition coefficient (Wildman–Crippen LogP) is 3.47. The summed E-state index contributed by atoms with van der Waals surface area (Å²) in [4.78, 5) is 36.5. The van der Waals surface area contributed by atoms with Gasteiger partial charge in [-0.25, -0.2) is 4.79 Å². The van der Waals surface area contributed by atoms with Crippen LogP contribution in [0.1, 0.15) is 27.6 Å². The van der Waals surface area contributed by atoms with Crippen molar-refractivity contribution >= 4 is 23.7 Å². The first-order valence-electron chi connectivity index (χ1n) is 10.8. The van der Waals surface area contributed by atoms with Crippen LogP contribution in [0.15, 0.2) is 65.3 Å². The Balaban J connectivity index is 1.23. The van der Waals surface area contributed by atoms with E-state index >= 15 is 0 Å². The van der Waals surface area contributed by atoms with Crippen molar-refractivity contribution in [3.8, 4) is 11.1 Å². The molecule has 5 rings (SSSR count). The van der Waals surface area contributed by atoms with Gasteiger partial charge in [0.2, 0.25) is 5.76 Å². The van der Waals surface area contributed by atoms with Crippen LogP contribution in [0.3, 0.4) is 0 Å². The Morgan fingerprint density at radius 2 is 1.65 bits per heavy atom. The molecule has 2 amide bonds. The van der Waals surface area contributed by atoms with Gasteiger partial charge in [-0.1, -0.05) is 48.5 Å². The molecule has 0 radical (unpaired) electrons. The largest absolute Gasteiger partial charge is 0.481 e. The quantitative estimate of drug-likeness (QED) is 0.512. The van der Waals surface area contributed by atoms with Crippen molar-refractivity contribution in [1.29, 1.82) is 0 Å². The number of hydrogen-bond donors (Lipinski definition) is 3. The molecule has 174 valence electrons. The minimum absolute atomic E-state index is 0.0172. The van der Waals surface area contributed by atoms with E-state index in [2.05, 4.69) is 22.8 Å². The van der Waals surface area contributed by atoms with Gasteiger partial charge in [-0.15, -0.1) is 0 Å². The zero-order valence-corrected chi connectivity index (χ0v) is 18.0. The maximum absolute atomic E-state index is 12.6. The second-order valence-electron chi connectivity index (χ2n) is 8.18. The first kappa shape index (κ1) is 21.7. The lowest BCUT2D eigenvalue weighted by Crippen LogP contribution is -2.42. The Morgan fingerprint density at radius 1 is 0.971 bits per heavy atom. The fourth-order valence-electron chi connectivity index (χ4n) is 4.50. The Hall–Kier alpha value is -4.11. The third kappa shape index (κ3) is 4.01. The van der Waals surface area contributed by atoms with E-state index in [0.717, 1.165) is 22.3 Å². The monoisotopic (exact) mass is 462 g/mol. The number of furan rings is 1. The van der Waals surface area contributed by atoms with E-state index in [0.29, 0.717) is 0 Å². The van der Waals surface area contributed by atoms with Crippen molar-refractivity contribution in [1.82, 2.24) is 5.32 Å². The van der Waals surface area contributed by atoms with Crippen molar-refractivity contribution in [2.24, 2.45) is 5.92 Å². The fourth-order valence-corrected chi connectivity index (χ4v) is 4.50. The normalized spacial score (nSPS) is 18.7. The van der Waals surface area contributed by atoms with Gasteiger partial charge in [0, 0.05) is 12.0 Å². The summed E-state index contributed by atoms with van der Waals surface area (Å²) in [5, 5.41) is 14.4. The zero-order chi connectivity index (χ0) is 23.7. The van der Waals surface area contributed by atoms with Gasteiger partial charge in [0.25, 0.3) is 5.91 Å². The van der Waals surface area contributed by atoms with Crippen LogP contribution in [-0.2, 0) is 14.3 Å². The molecule has 3 aromatic rings. The standard InChI is InChI=1S/C25H22N2O7/c28-23(26-21-13-32-11-19(21)24(29)30)22-20(9-10-33-22)27-25(31)34-12-18-16-7-3-1-5-14(16)15-6-2-4-8-17(15)18/h1-10,18-19,21H,11-13H2,(H,26,28)(H,27,31)(H,29,30). The second kappa shape index (κ2) is 9.03. The van der Waals surface area contributed by atoms with Crippen molar-refractivity contribution < 1.29 is 33.4 Å². The molecule has 0 spiro atoms. The summed E-state index contributed by atoms with van der Waals surface area (Å²) in [6.45, 7) is 0.223. The van der Waals surface area contributed by atoms with E-state index in [-0.39, 0.29) is 37.2 Å². The van der Waals surface area contributed by atoms with E-state index in [1.165, 1.54) is 12.3 Å². The number of aliphatic carboxylic acids is 1. The van der Waals surface area contributed by atoms with Gasteiger partial charge in [0.05, 0.1) is 31.2 Å². The number of nitrogens with one attached hydrogen (secondary N) is 2. The summed E-state index contributed by atoms with van der Waals surface area (Å²) in [7, 11) is 0. The van der Waals surface area contributed by atoms with Gasteiger partial charge in [0.15, 0.2) is 0 Å². The summed E-state index contributed by atoms with van der Waals surface area (Å²) >= 11 is 0. The van der Waals surface area contributed by atoms with Gasteiger partial charge in [-0.2, -0.15) is 0 Å². The summed E-state index contributed by atoms with van der Waals surface area (Å²) < 4.78 is 15.9.